The van der Waals surface area contributed by atoms with Crippen molar-refractivity contribution in [3.63, 3.8) is 0 Å². The molecule has 0 aromatic carbocycles. The Bertz CT molecular complexity index is 145. The Balaban J connectivity index is 2.57. The minimum atomic E-state index is 0.148. The average molecular weight is 160 g/mol. The zero-order chi connectivity index (χ0) is 7.56. The predicted molar refractivity (Wildman–Crippen MR) is 42.9 cm³/mol. The van der Waals surface area contributed by atoms with Gasteiger partial charge in [0.15, 0.2) is 0 Å². The molecule has 0 saturated heterocycles. The van der Waals surface area contributed by atoms with Crippen LogP contribution in [0.15, 0.2) is 11.2 Å². The van der Waals surface area contributed by atoms with E-state index in [2.05, 4.69) is 6.92 Å². The summed E-state index contributed by atoms with van der Waals surface area (Å²) in [7, 11) is 3.39. The third kappa shape index (κ3) is 1.30. The second-order valence-corrected chi connectivity index (χ2v) is 3.47. The summed E-state index contributed by atoms with van der Waals surface area (Å²) in [6.07, 6.45) is 0.148. The van der Waals surface area contributed by atoms with Gasteiger partial charge in [-0.2, -0.15) is 0 Å². The molecule has 2 atom stereocenters. The molecule has 0 N–H and O–H groups in total. The van der Waals surface area contributed by atoms with Crippen LogP contribution in [0.4, 0.5) is 0 Å². The van der Waals surface area contributed by atoms with E-state index in [0.29, 0.717) is 5.25 Å². The average Bonchev–Trinajstić information content (AvgIpc) is 2.30. The molecule has 2 unspecified atom stereocenters. The summed E-state index contributed by atoms with van der Waals surface area (Å²) >= 11 is 1.75. The zero-order valence-electron chi connectivity index (χ0n) is 6.46. The van der Waals surface area contributed by atoms with Gasteiger partial charge in [-0.25, -0.2) is 0 Å². The molecule has 1 rings (SSSR count). The van der Waals surface area contributed by atoms with Crippen LogP contribution >= 0.6 is 11.8 Å². The van der Waals surface area contributed by atoms with E-state index in [1.165, 1.54) is 0 Å². The van der Waals surface area contributed by atoms with Gasteiger partial charge in [0, 0.05) is 17.8 Å². The number of methoxy groups -OCH3 is 2. The fourth-order valence-corrected chi connectivity index (χ4v) is 1.98. The Morgan fingerprint density at radius 1 is 1.50 bits per heavy atom. The first-order chi connectivity index (χ1) is 4.79. The smallest absolute Gasteiger partial charge is 0.132 e. The maximum absolute atomic E-state index is 5.21. The quantitative estimate of drug-likeness (QED) is 0.611. The number of hydrogen-bond donors (Lipinski definition) is 0. The van der Waals surface area contributed by atoms with Crippen molar-refractivity contribution < 1.29 is 9.47 Å². The van der Waals surface area contributed by atoms with Gasteiger partial charge >= 0.3 is 0 Å². The normalized spacial score (nSPS) is 32.1. The second-order valence-electron chi connectivity index (χ2n) is 2.22. The van der Waals surface area contributed by atoms with Crippen LogP contribution in [0.1, 0.15) is 6.92 Å². The highest BCUT2D eigenvalue weighted by Crippen LogP contribution is 2.31. The molecule has 0 spiro atoms. The van der Waals surface area contributed by atoms with Gasteiger partial charge in [-0.05, 0) is 6.92 Å². The molecule has 3 heteroatoms. The maximum Gasteiger partial charge on any atom is 0.132 e. The topological polar surface area (TPSA) is 18.5 Å². The molecule has 0 aromatic heterocycles. The van der Waals surface area contributed by atoms with Gasteiger partial charge in [-0.3, -0.25) is 0 Å². The number of ether oxygens (including phenoxy) is 2. The molecule has 1 aliphatic rings. The van der Waals surface area contributed by atoms with Crippen LogP contribution in [-0.4, -0.2) is 25.6 Å². The molecular formula is C7H12O2S. The van der Waals surface area contributed by atoms with Gasteiger partial charge in [-0.15, -0.1) is 11.8 Å². The van der Waals surface area contributed by atoms with Crippen molar-refractivity contribution >= 4 is 11.8 Å². The molecule has 0 bridgehead atoms. The van der Waals surface area contributed by atoms with Gasteiger partial charge in [0.05, 0.1) is 7.11 Å². The lowest BCUT2D eigenvalue weighted by Gasteiger charge is -2.15. The van der Waals surface area contributed by atoms with Crippen molar-refractivity contribution in [3.8, 4) is 0 Å². The van der Waals surface area contributed by atoms with Crippen molar-refractivity contribution in [2.75, 3.05) is 14.2 Å². The van der Waals surface area contributed by atoms with E-state index < -0.39 is 0 Å². The second kappa shape index (κ2) is 3.30. The maximum atomic E-state index is 5.21. The van der Waals surface area contributed by atoms with Gasteiger partial charge in [-0.1, -0.05) is 0 Å². The molecular weight excluding hydrogens is 148 g/mol. The van der Waals surface area contributed by atoms with Crippen LogP contribution in [0.5, 0.6) is 0 Å². The van der Waals surface area contributed by atoms with Crippen molar-refractivity contribution in [1.29, 1.82) is 0 Å². The van der Waals surface area contributed by atoms with E-state index >= 15 is 0 Å². The highest BCUT2D eigenvalue weighted by Gasteiger charge is 2.27. The van der Waals surface area contributed by atoms with Crippen LogP contribution in [0.25, 0.3) is 0 Å². The third-order valence-electron chi connectivity index (χ3n) is 1.60. The molecule has 10 heavy (non-hydrogen) atoms. The summed E-state index contributed by atoms with van der Waals surface area (Å²) in [5.41, 5.74) is 0. The minimum Gasteiger partial charge on any atom is -0.498 e. The molecule has 2 nitrogen and oxygen atoms in total. The Morgan fingerprint density at radius 3 is 2.60 bits per heavy atom. The standard InChI is InChI=1S/C7H12O2S/c1-5-7(9-3)6(8-2)4-10-5/h4-5,7H,1-3H3. The van der Waals surface area contributed by atoms with Crippen LogP contribution in [-0.2, 0) is 9.47 Å². The SMILES string of the molecule is COC1=CSC(C)C1OC. The van der Waals surface area contributed by atoms with Crippen molar-refractivity contribution in [2.24, 2.45) is 0 Å². The molecule has 0 saturated carbocycles. The van der Waals surface area contributed by atoms with Crippen LogP contribution in [0.2, 0.25) is 0 Å². The zero-order valence-corrected chi connectivity index (χ0v) is 7.27. The van der Waals surface area contributed by atoms with Crippen LogP contribution < -0.4 is 0 Å². The Morgan fingerprint density at radius 2 is 2.20 bits per heavy atom. The Hall–Kier alpha value is -0.150. The highest BCUT2D eigenvalue weighted by molar-refractivity contribution is 8.03. The van der Waals surface area contributed by atoms with Gasteiger partial charge < -0.3 is 9.47 Å². The highest BCUT2D eigenvalue weighted by atomic mass is 32.2. The molecule has 1 aliphatic heterocycles. The van der Waals surface area contributed by atoms with Crippen molar-refractivity contribution in [1.82, 2.24) is 0 Å². The molecule has 1 heterocycles. The van der Waals surface area contributed by atoms with E-state index in [4.69, 9.17) is 9.47 Å². The fourth-order valence-electron chi connectivity index (χ4n) is 1.02. The molecule has 0 aliphatic carbocycles. The lowest BCUT2D eigenvalue weighted by molar-refractivity contribution is 0.0836. The summed E-state index contributed by atoms with van der Waals surface area (Å²) in [6.45, 7) is 2.13. The van der Waals surface area contributed by atoms with E-state index in [1.54, 1.807) is 26.0 Å². The number of hydrogen-bond acceptors (Lipinski definition) is 3. The van der Waals surface area contributed by atoms with Crippen LogP contribution in [0, 0.1) is 0 Å². The lowest BCUT2D eigenvalue weighted by Crippen LogP contribution is -2.21. The minimum absolute atomic E-state index is 0.148. The fraction of sp³-hybridized carbons (Fsp3) is 0.714. The molecule has 58 valence electrons. The summed E-state index contributed by atoms with van der Waals surface area (Å²) in [5.74, 6) is 0.944. The van der Waals surface area contributed by atoms with Gasteiger partial charge in [0.25, 0.3) is 0 Å². The van der Waals surface area contributed by atoms with Crippen LogP contribution in [0.3, 0.4) is 0 Å². The summed E-state index contributed by atoms with van der Waals surface area (Å²) in [6, 6.07) is 0. The van der Waals surface area contributed by atoms with Gasteiger partial charge in [0.2, 0.25) is 0 Å². The first-order valence-corrected chi connectivity index (χ1v) is 4.16. The summed E-state index contributed by atoms with van der Waals surface area (Å²) in [5, 5.41) is 2.50. The van der Waals surface area contributed by atoms with E-state index in [-0.39, 0.29) is 6.10 Å². The molecule has 0 amide bonds. The van der Waals surface area contributed by atoms with E-state index in [9.17, 15) is 0 Å². The number of rotatable bonds is 2. The molecule has 0 radical (unpaired) electrons. The van der Waals surface area contributed by atoms with E-state index in [0.717, 1.165) is 5.76 Å². The summed E-state index contributed by atoms with van der Waals surface area (Å²) in [4.78, 5) is 0. The largest absolute Gasteiger partial charge is 0.498 e. The predicted octanol–water partition coefficient (Wildman–Crippen LogP) is 1.62. The lowest BCUT2D eigenvalue weighted by atomic mass is 10.2. The molecule has 0 aromatic rings. The Labute approximate surface area is 65.6 Å². The Kier molecular flexibility index (Phi) is 2.63. The first kappa shape index (κ1) is 7.95. The first-order valence-electron chi connectivity index (χ1n) is 3.22. The monoisotopic (exact) mass is 160 g/mol. The van der Waals surface area contributed by atoms with Crippen molar-refractivity contribution in [2.45, 2.75) is 18.3 Å². The van der Waals surface area contributed by atoms with Gasteiger partial charge in [0.1, 0.15) is 11.9 Å². The number of thioether (sulfide) groups is 1. The van der Waals surface area contributed by atoms with Crippen molar-refractivity contribution in [3.05, 3.63) is 11.2 Å². The van der Waals surface area contributed by atoms with E-state index in [1.807, 2.05) is 5.41 Å². The molecule has 0 fully saturated rings. The summed E-state index contributed by atoms with van der Waals surface area (Å²) < 4.78 is 10.3. The third-order valence-corrected chi connectivity index (χ3v) is 2.64.